The number of hydrogen-bond donors (Lipinski definition) is 0. The van der Waals surface area contributed by atoms with Crippen LogP contribution in [-0.2, 0) is 19.1 Å². The second-order valence-corrected chi connectivity index (χ2v) is 7.83. The molecule has 0 radical (unpaired) electrons. The summed E-state index contributed by atoms with van der Waals surface area (Å²) in [7, 11) is 0. The second-order valence-electron chi connectivity index (χ2n) is 7.83. The highest BCUT2D eigenvalue weighted by molar-refractivity contribution is 6.00. The quantitative estimate of drug-likeness (QED) is 0.0914. The number of allylic oxidation sites excluding steroid dienone is 6. The van der Waals surface area contributed by atoms with E-state index >= 15 is 0 Å². The second kappa shape index (κ2) is 20.1. The molecule has 0 rings (SSSR count). The average Bonchev–Trinajstić information content (AvgIpc) is 2.76. The van der Waals surface area contributed by atoms with Gasteiger partial charge in [0.05, 0.1) is 13.2 Å². The summed E-state index contributed by atoms with van der Waals surface area (Å²) in [4.78, 5) is 24.9. The number of ether oxygens (including phenoxy) is 2. The zero-order valence-electron chi connectivity index (χ0n) is 20.5. The molecule has 0 aliphatic rings. The van der Waals surface area contributed by atoms with E-state index in [1.54, 1.807) is 13.8 Å². The van der Waals surface area contributed by atoms with Gasteiger partial charge in [-0.3, -0.25) is 9.59 Å². The zero-order chi connectivity index (χ0) is 23.2. The van der Waals surface area contributed by atoms with Gasteiger partial charge in [0.15, 0.2) is 5.41 Å². The molecule has 0 N–H and O–H groups in total. The van der Waals surface area contributed by atoms with E-state index in [1.165, 1.54) is 19.3 Å². The Bertz CT molecular complexity index is 527. The van der Waals surface area contributed by atoms with E-state index in [1.807, 2.05) is 6.92 Å². The van der Waals surface area contributed by atoms with Crippen LogP contribution in [0.15, 0.2) is 36.5 Å². The smallest absolute Gasteiger partial charge is 0.323 e. The molecule has 0 aliphatic heterocycles. The summed E-state index contributed by atoms with van der Waals surface area (Å²) in [5.74, 6) is -0.870. The Morgan fingerprint density at radius 2 is 1.13 bits per heavy atom. The molecule has 0 aromatic carbocycles. The van der Waals surface area contributed by atoms with Crippen LogP contribution in [0.4, 0.5) is 0 Å². The van der Waals surface area contributed by atoms with E-state index in [4.69, 9.17) is 9.47 Å². The first kappa shape index (κ1) is 29.2. The monoisotopic (exact) mass is 434 g/mol. The van der Waals surface area contributed by atoms with E-state index in [0.29, 0.717) is 12.8 Å². The number of rotatable bonds is 19. The first-order chi connectivity index (χ1) is 15.1. The molecule has 0 amide bonds. The van der Waals surface area contributed by atoms with Gasteiger partial charge in [0.1, 0.15) is 0 Å². The minimum Gasteiger partial charge on any atom is -0.465 e. The lowest BCUT2D eigenvalue weighted by molar-refractivity contribution is -0.173. The van der Waals surface area contributed by atoms with Crippen molar-refractivity contribution in [3.63, 3.8) is 0 Å². The van der Waals surface area contributed by atoms with Crippen molar-refractivity contribution >= 4 is 11.9 Å². The van der Waals surface area contributed by atoms with Crippen LogP contribution in [0.2, 0.25) is 0 Å². The SMILES string of the molecule is CC/C=C\C/C=C\C/C=C\CCCCCCCCC(CC)(C(=O)OCC)C(=O)OCC. The molecule has 0 saturated heterocycles. The van der Waals surface area contributed by atoms with Crippen LogP contribution in [0.3, 0.4) is 0 Å². The molecule has 0 unspecified atom stereocenters. The summed E-state index contributed by atoms with van der Waals surface area (Å²) >= 11 is 0. The van der Waals surface area contributed by atoms with Crippen molar-refractivity contribution in [2.45, 2.75) is 105 Å². The van der Waals surface area contributed by atoms with E-state index in [-0.39, 0.29) is 13.2 Å². The van der Waals surface area contributed by atoms with E-state index < -0.39 is 17.4 Å². The normalized spacial score (nSPS) is 12.3. The average molecular weight is 435 g/mol. The summed E-state index contributed by atoms with van der Waals surface area (Å²) in [5, 5.41) is 0. The zero-order valence-corrected chi connectivity index (χ0v) is 20.5. The van der Waals surface area contributed by atoms with Gasteiger partial charge in [-0.2, -0.15) is 0 Å². The summed E-state index contributed by atoms with van der Waals surface area (Å²) in [6.45, 7) is 8.10. The van der Waals surface area contributed by atoms with Crippen molar-refractivity contribution in [3.8, 4) is 0 Å². The van der Waals surface area contributed by atoms with Crippen LogP contribution in [0.5, 0.6) is 0 Å². The highest BCUT2D eigenvalue weighted by atomic mass is 16.6. The van der Waals surface area contributed by atoms with Gasteiger partial charge in [-0.05, 0) is 58.8 Å². The molecule has 0 fully saturated rings. The van der Waals surface area contributed by atoms with Gasteiger partial charge >= 0.3 is 11.9 Å². The third-order valence-electron chi connectivity index (χ3n) is 5.44. The lowest BCUT2D eigenvalue weighted by atomic mass is 9.80. The highest BCUT2D eigenvalue weighted by Gasteiger charge is 2.46. The standard InChI is InChI=1S/C27H46O4/c1-5-9-10-11-12-13-14-15-16-17-18-19-20-21-22-23-24-27(6-2,25(28)30-7-3)26(29)31-8-4/h9-10,12-13,15-16H,5-8,11,14,17-24H2,1-4H3/b10-9-,13-12-,16-15-. The molecule has 0 heterocycles. The van der Waals surface area contributed by atoms with E-state index in [0.717, 1.165) is 44.9 Å². The van der Waals surface area contributed by atoms with Gasteiger partial charge in [0.2, 0.25) is 0 Å². The third-order valence-corrected chi connectivity index (χ3v) is 5.44. The largest absolute Gasteiger partial charge is 0.465 e. The van der Waals surface area contributed by atoms with Gasteiger partial charge in [0.25, 0.3) is 0 Å². The van der Waals surface area contributed by atoms with Crippen LogP contribution in [-0.4, -0.2) is 25.2 Å². The molecule has 0 aliphatic carbocycles. The fourth-order valence-corrected chi connectivity index (χ4v) is 3.51. The Balaban J connectivity index is 4.02. The Morgan fingerprint density at radius 3 is 1.65 bits per heavy atom. The molecule has 178 valence electrons. The van der Waals surface area contributed by atoms with Gasteiger partial charge in [-0.15, -0.1) is 0 Å². The number of carbonyl (C=O) groups is 2. The summed E-state index contributed by atoms with van der Waals surface area (Å²) in [5.41, 5.74) is -1.14. The fraction of sp³-hybridized carbons (Fsp3) is 0.704. The van der Waals surface area contributed by atoms with Crippen LogP contribution < -0.4 is 0 Å². The number of carbonyl (C=O) groups excluding carboxylic acids is 2. The molecular weight excluding hydrogens is 388 g/mol. The molecule has 0 aromatic rings. The Labute approximate surface area is 191 Å². The molecule has 0 aromatic heterocycles. The lowest BCUT2D eigenvalue weighted by Crippen LogP contribution is -2.41. The third kappa shape index (κ3) is 13.2. The van der Waals surface area contributed by atoms with Crippen molar-refractivity contribution in [3.05, 3.63) is 36.5 Å². The van der Waals surface area contributed by atoms with Crippen LogP contribution >= 0.6 is 0 Å². The summed E-state index contributed by atoms with van der Waals surface area (Å²) in [6.07, 6.45) is 25.2. The highest BCUT2D eigenvalue weighted by Crippen LogP contribution is 2.33. The molecule has 0 bridgehead atoms. The van der Waals surface area contributed by atoms with Crippen molar-refractivity contribution in [1.82, 2.24) is 0 Å². The Morgan fingerprint density at radius 1 is 0.645 bits per heavy atom. The molecule has 0 spiro atoms. The number of unbranched alkanes of at least 4 members (excludes halogenated alkanes) is 6. The first-order valence-electron chi connectivity index (χ1n) is 12.4. The predicted molar refractivity (Wildman–Crippen MR) is 130 cm³/mol. The molecule has 0 atom stereocenters. The maximum absolute atomic E-state index is 12.5. The van der Waals surface area contributed by atoms with Crippen molar-refractivity contribution in [1.29, 1.82) is 0 Å². The lowest BCUT2D eigenvalue weighted by Gasteiger charge is -2.27. The minimum atomic E-state index is -1.14. The maximum atomic E-state index is 12.5. The molecule has 4 nitrogen and oxygen atoms in total. The van der Waals surface area contributed by atoms with Crippen molar-refractivity contribution < 1.29 is 19.1 Å². The minimum absolute atomic E-state index is 0.279. The fourth-order valence-electron chi connectivity index (χ4n) is 3.51. The number of esters is 2. The van der Waals surface area contributed by atoms with E-state index in [9.17, 15) is 9.59 Å². The first-order valence-corrected chi connectivity index (χ1v) is 12.4. The van der Waals surface area contributed by atoms with Crippen molar-refractivity contribution in [2.24, 2.45) is 5.41 Å². The molecule has 4 heteroatoms. The van der Waals surface area contributed by atoms with Crippen LogP contribution in [0.25, 0.3) is 0 Å². The summed E-state index contributed by atoms with van der Waals surface area (Å²) < 4.78 is 10.4. The maximum Gasteiger partial charge on any atom is 0.323 e. The van der Waals surface area contributed by atoms with Gasteiger partial charge in [-0.25, -0.2) is 0 Å². The summed E-state index contributed by atoms with van der Waals surface area (Å²) in [6, 6.07) is 0. The molecule has 0 saturated carbocycles. The van der Waals surface area contributed by atoms with E-state index in [2.05, 4.69) is 43.4 Å². The Hall–Kier alpha value is -1.84. The predicted octanol–water partition coefficient (Wildman–Crippen LogP) is 7.49. The van der Waals surface area contributed by atoms with Gasteiger partial charge < -0.3 is 9.47 Å². The molecular formula is C27H46O4. The van der Waals surface area contributed by atoms with Gasteiger partial charge in [0, 0.05) is 0 Å². The topological polar surface area (TPSA) is 52.6 Å². The van der Waals surface area contributed by atoms with Crippen molar-refractivity contribution in [2.75, 3.05) is 13.2 Å². The van der Waals surface area contributed by atoms with Gasteiger partial charge in [-0.1, -0.05) is 82.4 Å². The number of hydrogen-bond acceptors (Lipinski definition) is 4. The van der Waals surface area contributed by atoms with Crippen LogP contribution in [0.1, 0.15) is 105 Å². The Kier molecular flexibility index (Phi) is 18.9. The molecule has 31 heavy (non-hydrogen) atoms. The van der Waals surface area contributed by atoms with Crippen LogP contribution in [0, 0.1) is 5.41 Å².